The summed E-state index contributed by atoms with van der Waals surface area (Å²) in [7, 11) is 0. The molecule has 0 aliphatic carbocycles. The standard InChI is InChI=1S/C36H33N3O7/c1-5-44-36(43)45-37-34(23(2)22-38(24(3)40)46-25(4)41)28-17-20-33-31(21-28)30-13-9-10-14-32(30)39(33)29-18-15-27(16-19-29)35(42)26-11-7-6-8-12-26/h6-21,23H,5,22H2,1-4H3. The number of nitrogens with zero attached hydrogens (tertiary/aromatic N) is 3. The number of hydrogen-bond donors (Lipinski definition) is 0. The largest absolute Gasteiger partial charge is 0.535 e. The molecule has 10 nitrogen and oxygen atoms in total. The van der Waals surface area contributed by atoms with E-state index >= 15 is 0 Å². The smallest absolute Gasteiger partial charge is 0.433 e. The number of ketones is 1. The molecule has 10 heteroatoms. The van der Waals surface area contributed by atoms with E-state index in [-0.39, 0.29) is 18.9 Å². The topological polar surface area (TPSA) is 116 Å². The fraction of sp³-hybridized carbons (Fsp3) is 0.194. The van der Waals surface area contributed by atoms with E-state index in [9.17, 15) is 19.2 Å². The molecule has 0 saturated carbocycles. The molecule has 5 aromatic rings. The van der Waals surface area contributed by atoms with Crippen LogP contribution in [-0.4, -0.2) is 52.3 Å². The van der Waals surface area contributed by atoms with Crippen molar-refractivity contribution in [3.63, 3.8) is 0 Å². The van der Waals surface area contributed by atoms with Gasteiger partial charge in [-0.15, -0.1) is 0 Å². The highest BCUT2D eigenvalue weighted by molar-refractivity contribution is 6.13. The van der Waals surface area contributed by atoms with Gasteiger partial charge < -0.3 is 14.1 Å². The average molecular weight is 620 g/mol. The van der Waals surface area contributed by atoms with Gasteiger partial charge in [0.2, 0.25) is 0 Å². The Bertz CT molecular complexity index is 1950. The van der Waals surface area contributed by atoms with Crippen LogP contribution in [0.2, 0.25) is 0 Å². The third kappa shape index (κ3) is 6.81. The highest BCUT2D eigenvalue weighted by atomic mass is 16.8. The van der Waals surface area contributed by atoms with Crippen LogP contribution >= 0.6 is 0 Å². The van der Waals surface area contributed by atoms with Gasteiger partial charge in [-0.2, -0.15) is 5.06 Å². The predicted molar refractivity (Wildman–Crippen MR) is 174 cm³/mol. The molecule has 1 unspecified atom stereocenters. The Balaban J connectivity index is 1.57. The molecular formula is C36H33N3O7. The molecule has 0 N–H and O–H groups in total. The maximum atomic E-state index is 13.0. The molecule has 0 bridgehead atoms. The number of amides is 1. The van der Waals surface area contributed by atoms with E-state index in [1.807, 2.05) is 84.9 Å². The van der Waals surface area contributed by atoms with E-state index in [0.717, 1.165) is 32.6 Å². The lowest BCUT2D eigenvalue weighted by Crippen LogP contribution is -2.37. The van der Waals surface area contributed by atoms with Crippen LogP contribution in [-0.2, 0) is 24.0 Å². The first-order valence-corrected chi connectivity index (χ1v) is 14.8. The zero-order chi connectivity index (χ0) is 32.8. The van der Waals surface area contributed by atoms with Crippen LogP contribution in [0.3, 0.4) is 0 Å². The molecule has 5 rings (SSSR count). The number of hydrogen-bond acceptors (Lipinski definition) is 8. The van der Waals surface area contributed by atoms with Crippen LogP contribution in [0.1, 0.15) is 49.2 Å². The summed E-state index contributed by atoms with van der Waals surface area (Å²) < 4.78 is 6.99. The van der Waals surface area contributed by atoms with Gasteiger partial charge in [-0.25, -0.2) is 4.79 Å². The van der Waals surface area contributed by atoms with Crippen molar-refractivity contribution in [1.82, 2.24) is 9.63 Å². The Hall–Kier alpha value is -5.77. The minimum Gasteiger partial charge on any atom is -0.433 e. The fourth-order valence-electron chi connectivity index (χ4n) is 5.31. The summed E-state index contributed by atoms with van der Waals surface area (Å²) in [4.78, 5) is 59.0. The van der Waals surface area contributed by atoms with Crippen LogP contribution in [0.25, 0.3) is 27.5 Å². The molecule has 4 aromatic carbocycles. The number of para-hydroxylation sites is 1. The normalized spacial score (nSPS) is 12.0. The zero-order valence-corrected chi connectivity index (χ0v) is 25.9. The minimum atomic E-state index is -0.970. The van der Waals surface area contributed by atoms with Crippen LogP contribution in [0, 0.1) is 5.92 Å². The minimum absolute atomic E-state index is 0.0339. The lowest BCUT2D eigenvalue weighted by Gasteiger charge is -2.23. The maximum Gasteiger partial charge on any atom is 0.535 e. The fourth-order valence-corrected chi connectivity index (χ4v) is 5.31. The number of rotatable bonds is 9. The number of carbonyl (C=O) groups is 4. The van der Waals surface area contributed by atoms with Crippen molar-refractivity contribution in [2.45, 2.75) is 27.7 Å². The summed E-state index contributed by atoms with van der Waals surface area (Å²) in [6.45, 7) is 5.99. The van der Waals surface area contributed by atoms with Crippen LogP contribution in [0.5, 0.6) is 0 Å². The number of carbonyl (C=O) groups excluding carboxylic acids is 4. The molecule has 0 aliphatic heterocycles. The molecule has 1 heterocycles. The first kappa shape index (κ1) is 31.6. The predicted octanol–water partition coefficient (Wildman–Crippen LogP) is 6.85. The van der Waals surface area contributed by atoms with Gasteiger partial charge in [0.1, 0.15) is 0 Å². The number of aromatic nitrogens is 1. The monoisotopic (exact) mass is 619 g/mol. The maximum absolute atomic E-state index is 13.0. The Morgan fingerprint density at radius 2 is 1.41 bits per heavy atom. The van der Waals surface area contributed by atoms with Gasteiger partial charge in [0.15, 0.2) is 5.78 Å². The molecule has 0 fully saturated rings. The van der Waals surface area contributed by atoms with Crippen LogP contribution in [0.4, 0.5) is 4.79 Å². The molecule has 0 aliphatic rings. The molecule has 1 aromatic heterocycles. The Labute approximate surface area is 265 Å². The highest BCUT2D eigenvalue weighted by Gasteiger charge is 2.24. The van der Waals surface area contributed by atoms with Gasteiger partial charge in [-0.1, -0.05) is 66.7 Å². The molecule has 0 saturated heterocycles. The van der Waals surface area contributed by atoms with E-state index in [1.165, 1.54) is 13.8 Å². The van der Waals surface area contributed by atoms with Gasteiger partial charge in [-0.05, 0) is 49.4 Å². The van der Waals surface area contributed by atoms with Crippen molar-refractivity contribution in [3.8, 4) is 5.69 Å². The lowest BCUT2D eigenvalue weighted by atomic mass is 9.96. The van der Waals surface area contributed by atoms with E-state index in [0.29, 0.717) is 22.4 Å². The second-order valence-corrected chi connectivity index (χ2v) is 10.6. The van der Waals surface area contributed by atoms with E-state index in [4.69, 9.17) is 14.4 Å². The van der Waals surface area contributed by atoms with Crippen LogP contribution in [0.15, 0.2) is 102 Å². The third-order valence-electron chi connectivity index (χ3n) is 7.37. The van der Waals surface area contributed by atoms with Gasteiger partial charge in [0.05, 0.1) is 29.9 Å². The van der Waals surface area contributed by atoms with Crippen molar-refractivity contribution < 1.29 is 33.6 Å². The summed E-state index contributed by atoms with van der Waals surface area (Å²) >= 11 is 0. The SMILES string of the molecule is CCOC(=O)ON=C(c1ccc2c(c1)c1ccccc1n2-c1ccc(C(=O)c2ccccc2)cc1)C(C)CN(OC(C)=O)C(C)=O. The summed E-state index contributed by atoms with van der Waals surface area (Å²) in [6, 6.07) is 30.3. The number of benzene rings is 4. The van der Waals surface area contributed by atoms with Gasteiger partial charge in [0.25, 0.3) is 5.91 Å². The first-order valence-electron chi connectivity index (χ1n) is 14.8. The zero-order valence-electron chi connectivity index (χ0n) is 25.9. The summed E-state index contributed by atoms with van der Waals surface area (Å²) in [6.07, 6.45) is -0.970. The first-order chi connectivity index (χ1) is 22.2. The van der Waals surface area contributed by atoms with Crippen molar-refractivity contribution in [2.75, 3.05) is 13.2 Å². The van der Waals surface area contributed by atoms with E-state index < -0.39 is 23.9 Å². The second kappa shape index (κ2) is 13.9. The van der Waals surface area contributed by atoms with Gasteiger partial charge in [-0.3, -0.25) is 19.2 Å². The Morgan fingerprint density at radius 3 is 2.09 bits per heavy atom. The molecular weight excluding hydrogens is 586 g/mol. The van der Waals surface area contributed by atoms with E-state index in [1.54, 1.807) is 26.0 Å². The van der Waals surface area contributed by atoms with Gasteiger partial charge in [0, 0.05) is 52.9 Å². The number of hydroxylamine groups is 2. The van der Waals surface area contributed by atoms with E-state index in [2.05, 4.69) is 9.72 Å². The van der Waals surface area contributed by atoms with Gasteiger partial charge >= 0.3 is 12.1 Å². The summed E-state index contributed by atoms with van der Waals surface area (Å²) in [5.74, 6) is -1.70. The summed E-state index contributed by atoms with van der Waals surface area (Å²) in [5.41, 5.74) is 4.89. The second-order valence-electron chi connectivity index (χ2n) is 10.6. The number of fused-ring (bicyclic) bond motifs is 3. The Morgan fingerprint density at radius 1 is 0.783 bits per heavy atom. The Kier molecular flexibility index (Phi) is 9.56. The number of oxime groups is 1. The molecule has 46 heavy (non-hydrogen) atoms. The van der Waals surface area contributed by atoms with Crippen molar-refractivity contribution in [1.29, 1.82) is 0 Å². The summed E-state index contributed by atoms with van der Waals surface area (Å²) in [5, 5.41) is 6.94. The molecule has 234 valence electrons. The van der Waals surface area contributed by atoms with Crippen molar-refractivity contribution in [3.05, 3.63) is 114 Å². The molecule has 1 amide bonds. The average Bonchev–Trinajstić information content (AvgIpc) is 3.38. The van der Waals surface area contributed by atoms with Crippen molar-refractivity contribution >= 4 is 51.3 Å². The number of ether oxygens (including phenoxy) is 1. The lowest BCUT2D eigenvalue weighted by molar-refractivity contribution is -0.196. The third-order valence-corrected chi connectivity index (χ3v) is 7.37. The molecule has 0 spiro atoms. The highest BCUT2D eigenvalue weighted by Crippen LogP contribution is 2.33. The quantitative estimate of drug-likeness (QED) is 0.0582. The van der Waals surface area contributed by atoms with Crippen molar-refractivity contribution in [2.24, 2.45) is 11.1 Å². The molecule has 1 atom stereocenters. The van der Waals surface area contributed by atoms with Crippen LogP contribution < -0.4 is 0 Å². The molecule has 0 radical (unpaired) electrons.